The van der Waals surface area contributed by atoms with Gasteiger partial charge in [0.1, 0.15) is 0 Å². The van der Waals surface area contributed by atoms with Gasteiger partial charge in [-0.15, -0.1) is 0 Å². The summed E-state index contributed by atoms with van der Waals surface area (Å²) >= 11 is 0. The van der Waals surface area contributed by atoms with Gasteiger partial charge in [-0.1, -0.05) is 157 Å². The predicted octanol–water partition coefficient (Wildman–Crippen LogP) is 13.3. The molecule has 0 bridgehead atoms. The molecule has 0 spiro atoms. The van der Waals surface area contributed by atoms with E-state index in [0.29, 0.717) is 0 Å². The van der Waals surface area contributed by atoms with E-state index in [1.807, 2.05) is 0 Å². The molecule has 0 heterocycles. The third kappa shape index (κ3) is 4.78. The summed E-state index contributed by atoms with van der Waals surface area (Å²) in [4.78, 5) is 0. The molecule has 9 aromatic carbocycles. The lowest BCUT2D eigenvalue weighted by Gasteiger charge is -2.19. The van der Waals surface area contributed by atoms with E-state index in [1.54, 1.807) is 0 Å². The van der Waals surface area contributed by atoms with Gasteiger partial charge in [0.2, 0.25) is 0 Å². The molecule has 0 aliphatic heterocycles. The first-order valence-electron chi connectivity index (χ1n) is 16.3. The summed E-state index contributed by atoms with van der Waals surface area (Å²) in [5.74, 6) is 0. The molecule has 0 aliphatic rings. The molecule has 0 aliphatic carbocycles. The van der Waals surface area contributed by atoms with Crippen LogP contribution in [-0.2, 0) is 0 Å². The molecule has 220 valence electrons. The Morgan fingerprint density at radius 2 is 0.702 bits per heavy atom. The Morgan fingerprint density at radius 1 is 0.255 bits per heavy atom. The van der Waals surface area contributed by atoms with Gasteiger partial charge in [-0.2, -0.15) is 0 Å². The van der Waals surface area contributed by atoms with Gasteiger partial charge < -0.3 is 0 Å². The first-order valence-corrected chi connectivity index (χ1v) is 16.3. The van der Waals surface area contributed by atoms with Crippen LogP contribution in [0.15, 0.2) is 176 Å². The Labute approximate surface area is 275 Å². The second kappa shape index (κ2) is 11.1. The maximum atomic E-state index is 2.42. The average molecular weight is 597 g/mol. The lowest BCUT2D eigenvalue weighted by atomic mass is 9.84. The predicted molar refractivity (Wildman–Crippen MR) is 203 cm³/mol. The molecule has 9 aromatic rings. The second-order valence-electron chi connectivity index (χ2n) is 12.6. The fourth-order valence-corrected chi connectivity index (χ4v) is 7.29. The van der Waals surface area contributed by atoms with Crippen LogP contribution in [0.2, 0.25) is 0 Å². The Bertz CT molecular complexity index is 2620. The van der Waals surface area contributed by atoms with Crippen LogP contribution in [0.3, 0.4) is 0 Å². The van der Waals surface area contributed by atoms with E-state index in [-0.39, 0.29) is 0 Å². The maximum Gasteiger partial charge on any atom is -0.00259 e. The summed E-state index contributed by atoms with van der Waals surface area (Å²) in [6.45, 7) is 2.14. The van der Waals surface area contributed by atoms with Crippen LogP contribution >= 0.6 is 0 Å². The van der Waals surface area contributed by atoms with Crippen LogP contribution in [0.4, 0.5) is 0 Å². The molecule has 0 unspecified atom stereocenters. The van der Waals surface area contributed by atoms with Crippen molar-refractivity contribution in [2.45, 2.75) is 6.92 Å². The fourth-order valence-electron chi connectivity index (χ4n) is 7.29. The van der Waals surface area contributed by atoms with Crippen LogP contribution in [0, 0.1) is 6.92 Å². The van der Waals surface area contributed by atoms with E-state index in [0.717, 1.165) is 0 Å². The highest BCUT2D eigenvalue weighted by molar-refractivity contribution is 6.22. The van der Waals surface area contributed by atoms with Gasteiger partial charge in [0.25, 0.3) is 0 Å². The van der Waals surface area contributed by atoms with Crippen LogP contribution in [-0.4, -0.2) is 0 Å². The zero-order valence-corrected chi connectivity index (χ0v) is 26.2. The topological polar surface area (TPSA) is 0 Å². The van der Waals surface area contributed by atoms with Crippen molar-refractivity contribution >= 4 is 43.1 Å². The Hall–Kier alpha value is -5.98. The minimum Gasteiger partial charge on any atom is -0.0616 e. The lowest BCUT2D eigenvalue weighted by Crippen LogP contribution is -1.92. The largest absolute Gasteiger partial charge is 0.0616 e. The molecule has 0 saturated carbocycles. The third-order valence-electron chi connectivity index (χ3n) is 9.68. The third-order valence-corrected chi connectivity index (χ3v) is 9.68. The Morgan fingerprint density at radius 3 is 1.32 bits per heavy atom. The molecule has 0 heteroatoms. The smallest absolute Gasteiger partial charge is 0.00259 e. The van der Waals surface area contributed by atoms with Crippen molar-refractivity contribution in [3.63, 3.8) is 0 Å². The molecule has 0 saturated heterocycles. The molecular formula is C47H32. The quantitative estimate of drug-likeness (QED) is 0.177. The summed E-state index contributed by atoms with van der Waals surface area (Å²) in [6, 6.07) is 64.9. The molecule has 0 radical (unpaired) electrons. The van der Waals surface area contributed by atoms with Gasteiger partial charge in [-0.05, 0) is 119 Å². The van der Waals surface area contributed by atoms with Gasteiger partial charge in [-0.25, -0.2) is 0 Å². The molecule has 47 heavy (non-hydrogen) atoms. The monoisotopic (exact) mass is 596 g/mol. The maximum absolute atomic E-state index is 2.42. The number of rotatable bonds is 4. The van der Waals surface area contributed by atoms with E-state index in [9.17, 15) is 0 Å². The lowest BCUT2D eigenvalue weighted by molar-refractivity contribution is 1.47. The standard InChI is InChI=1S/C47H32/c1-31-17-19-34(20-18-31)37-13-8-14-38(27-37)39-25-26-44-45(30-39)47(41-24-22-33-10-3-5-12-36(33)29-41)43-16-7-6-15-42(43)46(44)40-23-21-32-9-2-4-11-35(32)28-40/h2-30H,1H3. The normalized spacial score (nSPS) is 11.5. The second-order valence-corrected chi connectivity index (χ2v) is 12.6. The van der Waals surface area contributed by atoms with E-state index in [4.69, 9.17) is 0 Å². The van der Waals surface area contributed by atoms with Crippen molar-refractivity contribution in [2.75, 3.05) is 0 Å². The summed E-state index contributed by atoms with van der Waals surface area (Å²) in [5.41, 5.74) is 11.2. The van der Waals surface area contributed by atoms with Crippen LogP contribution in [0.25, 0.3) is 87.6 Å². The van der Waals surface area contributed by atoms with E-state index in [2.05, 4.69) is 183 Å². The number of fused-ring (bicyclic) bond motifs is 4. The van der Waals surface area contributed by atoms with Gasteiger partial charge in [0.15, 0.2) is 0 Å². The molecule has 0 atom stereocenters. The molecule has 0 nitrogen and oxygen atoms in total. The molecule has 9 rings (SSSR count). The number of aryl methyl sites for hydroxylation is 1. The summed E-state index contributed by atoms with van der Waals surface area (Å²) < 4.78 is 0. The summed E-state index contributed by atoms with van der Waals surface area (Å²) in [5, 5.41) is 10.1. The fraction of sp³-hybridized carbons (Fsp3) is 0.0213. The Balaban J connectivity index is 1.35. The average Bonchev–Trinajstić information content (AvgIpc) is 3.13. The van der Waals surface area contributed by atoms with Crippen molar-refractivity contribution < 1.29 is 0 Å². The van der Waals surface area contributed by atoms with E-state index < -0.39 is 0 Å². The van der Waals surface area contributed by atoms with Crippen molar-refractivity contribution in [1.82, 2.24) is 0 Å². The highest BCUT2D eigenvalue weighted by Crippen LogP contribution is 2.45. The molecule has 0 fully saturated rings. The number of benzene rings is 9. The molecule has 0 aromatic heterocycles. The summed E-state index contributed by atoms with van der Waals surface area (Å²) in [7, 11) is 0. The van der Waals surface area contributed by atoms with Crippen molar-refractivity contribution in [3.8, 4) is 44.5 Å². The van der Waals surface area contributed by atoms with Gasteiger partial charge in [0.05, 0.1) is 0 Å². The van der Waals surface area contributed by atoms with E-state index in [1.165, 1.54) is 93.2 Å². The molecule has 0 amide bonds. The van der Waals surface area contributed by atoms with Crippen molar-refractivity contribution in [2.24, 2.45) is 0 Å². The zero-order chi connectivity index (χ0) is 31.3. The molecular weight excluding hydrogens is 565 g/mol. The van der Waals surface area contributed by atoms with Crippen LogP contribution in [0.5, 0.6) is 0 Å². The highest BCUT2D eigenvalue weighted by atomic mass is 14.2. The highest BCUT2D eigenvalue weighted by Gasteiger charge is 2.18. The van der Waals surface area contributed by atoms with Gasteiger partial charge in [-0.3, -0.25) is 0 Å². The van der Waals surface area contributed by atoms with Crippen LogP contribution < -0.4 is 0 Å². The van der Waals surface area contributed by atoms with Crippen LogP contribution in [0.1, 0.15) is 5.56 Å². The minimum absolute atomic E-state index is 1.22. The zero-order valence-electron chi connectivity index (χ0n) is 26.2. The Kier molecular flexibility index (Phi) is 6.47. The van der Waals surface area contributed by atoms with Crippen molar-refractivity contribution in [1.29, 1.82) is 0 Å². The first kappa shape index (κ1) is 27.3. The number of hydrogen-bond acceptors (Lipinski definition) is 0. The number of hydrogen-bond donors (Lipinski definition) is 0. The van der Waals surface area contributed by atoms with Crippen molar-refractivity contribution in [3.05, 3.63) is 181 Å². The summed E-state index contributed by atoms with van der Waals surface area (Å²) in [6.07, 6.45) is 0. The first-order chi connectivity index (χ1) is 23.2. The van der Waals surface area contributed by atoms with Gasteiger partial charge >= 0.3 is 0 Å². The minimum atomic E-state index is 1.22. The van der Waals surface area contributed by atoms with Gasteiger partial charge in [0, 0.05) is 0 Å². The molecule has 0 N–H and O–H groups in total. The SMILES string of the molecule is Cc1ccc(-c2cccc(-c3ccc4c(-c5ccc6ccccc6c5)c5ccccc5c(-c5ccc6ccccc6c5)c4c3)c2)cc1. The van der Waals surface area contributed by atoms with E-state index >= 15 is 0 Å².